The molecule has 3 aliphatic heterocycles. The molecule has 0 amide bonds. The van der Waals surface area contributed by atoms with Gasteiger partial charge in [0.2, 0.25) is 0 Å². The molecular weight excluding hydrogens is 330 g/mol. The van der Waals surface area contributed by atoms with Gasteiger partial charge in [-0.15, -0.1) is 0 Å². The fourth-order valence-electron chi connectivity index (χ4n) is 3.70. The lowest BCUT2D eigenvalue weighted by molar-refractivity contribution is -0.203. The molecule has 25 heavy (non-hydrogen) atoms. The molecule has 8 atom stereocenters. The van der Waals surface area contributed by atoms with Crippen molar-refractivity contribution < 1.29 is 34.3 Å². The van der Waals surface area contributed by atoms with E-state index in [1.54, 1.807) is 7.11 Å². The van der Waals surface area contributed by atoms with E-state index in [4.69, 9.17) is 18.9 Å². The first-order valence-electron chi connectivity index (χ1n) is 8.42. The summed E-state index contributed by atoms with van der Waals surface area (Å²) in [6, 6.07) is 7.17. The van der Waals surface area contributed by atoms with Crippen LogP contribution < -0.4 is 10.1 Å². The third kappa shape index (κ3) is 3.04. The largest absolute Gasteiger partial charge is 0.497 e. The number of ether oxygens (including phenoxy) is 4. The molecule has 8 heteroatoms. The van der Waals surface area contributed by atoms with Crippen LogP contribution >= 0.6 is 0 Å². The van der Waals surface area contributed by atoms with E-state index in [0.29, 0.717) is 6.54 Å². The van der Waals surface area contributed by atoms with Crippen LogP contribution in [0.2, 0.25) is 0 Å². The van der Waals surface area contributed by atoms with E-state index in [0.717, 1.165) is 11.3 Å². The molecule has 1 aromatic carbocycles. The Bertz CT molecular complexity index is 597. The quantitative estimate of drug-likeness (QED) is 0.532. The van der Waals surface area contributed by atoms with Gasteiger partial charge in [0, 0.05) is 6.54 Å². The van der Waals surface area contributed by atoms with Crippen molar-refractivity contribution in [1.82, 2.24) is 5.32 Å². The van der Waals surface area contributed by atoms with Crippen LogP contribution in [-0.2, 0) is 14.2 Å². The average molecular weight is 353 g/mol. The number of nitrogens with one attached hydrogen (secondary N) is 1. The highest BCUT2D eigenvalue weighted by molar-refractivity contribution is 5.30. The van der Waals surface area contributed by atoms with Gasteiger partial charge in [0.1, 0.15) is 36.3 Å². The number of rotatable bonds is 2. The van der Waals surface area contributed by atoms with E-state index < -0.39 is 42.9 Å². The lowest BCUT2D eigenvalue weighted by Crippen LogP contribution is -2.46. The summed E-state index contributed by atoms with van der Waals surface area (Å²) >= 11 is 0. The SMILES string of the molecule is COc1ccc([C@H]2OCC3OC(OC4C2NC[C@@H]4O)[C@H](O)[C@H]3O)cc1. The van der Waals surface area contributed by atoms with Crippen LogP contribution in [0.3, 0.4) is 0 Å². The molecule has 4 N–H and O–H groups in total. The Morgan fingerprint density at radius 3 is 2.56 bits per heavy atom. The summed E-state index contributed by atoms with van der Waals surface area (Å²) in [5.74, 6) is 0.736. The Kier molecular flexibility index (Phi) is 4.67. The van der Waals surface area contributed by atoms with E-state index in [9.17, 15) is 15.3 Å². The Balaban J connectivity index is 1.64. The van der Waals surface area contributed by atoms with E-state index in [-0.39, 0.29) is 12.6 Å². The summed E-state index contributed by atoms with van der Waals surface area (Å²) in [6.45, 7) is 0.454. The number of hydrogen-bond acceptors (Lipinski definition) is 8. The van der Waals surface area contributed by atoms with E-state index in [1.807, 2.05) is 24.3 Å². The maximum absolute atomic E-state index is 10.3. The van der Waals surface area contributed by atoms with Crippen LogP contribution in [0.15, 0.2) is 24.3 Å². The first-order chi connectivity index (χ1) is 12.1. The van der Waals surface area contributed by atoms with Crippen LogP contribution in [0.25, 0.3) is 0 Å². The van der Waals surface area contributed by atoms with Crippen LogP contribution in [0.1, 0.15) is 11.7 Å². The van der Waals surface area contributed by atoms with Crippen molar-refractivity contribution in [1.29, 1.82) is 0 Å². The standard InChI is InChI=1S/C17H23NO7/c1-22-9-4-2-8(3-5-9)15-12-16(10(19)6-18-12)25-17-14(21)13(20)11(24-17)7-23-15/h2-5,10-21H,6-7H2,1H3/t10-,11?,12?,13-,14+,15+,16?,17?/m0/s1. The second-order valence-electron chi connectivity index (χ2n) is 6.65. The zero-order chi connectivity index (χ0) is 17.6. The molecule has 0 saturated carbocycles. The molecule has 4 unspecified atom stereocenters. The monoisotopic (exact) mass is 353 g/mol. The van der Waals surface area contributed by atoms with Crippen molar-refractivity contribution in [2.24, 2.45) is 0 Å². The molecule has 3 saturated heterocycles. The Morgan fingerprint density at radius 2 is 1.84 bits per heavy atom. The van der Waals surface area contributed by atoms with Crippen molar-refractivity contribution >= 4 is 0 Å². The highest BCUT2D eigenvalue weighted by atomic mass is 16.7. The highest BCUT2D eigenvalue weighted by Gasteiger charge is 2.51. The summed E-state index contributed by atoms with van der Waals surface area (Å²) in [5, 5.41) is 33.7. The van der Waals surface area contributed by atoms with Crippen LogP contribution in [0.4, 0.5) is 0 Å². The number of hydrogen-bond donors (Lipinski definition) is 4. The van der Waals surface area contributed by atoms with Crippen LogP contribution in [0, 0.1) is 0 Å². The molecule has 138 valence electrons. The zero-order valence-corrected chi connectivity index (χ0v) is 13.8. The van der Waals surface area contributed by atoms with Gasteiger partial charge in [-0.2, -0.15) is 0 Å². The van der Waals surface area contributed by atoms with E-state index in [1.165, 1.54) is 0 Å². The van der Waals surface area contributed by atoms with Gasteiger partial charge in [0.05, 0.1) is 25.9 Å². The topological polar surface area (TPSA) is 110 Å². The van der Waals surface area contributed by atoms with E-state index >= 15 is 0 Å². The Hall–Kier alpha value is -1.26. The van der Waals surface area contributed by atoms with Gasteiger partial charge in [-0.05, 0) is 17.7 Å². The minimum absolute atomic E-state index is 0.107. The van der Waals surface area contributed by atoms with Gasteiger partial charge in [-0.3, -0.25) is 0 Å². The number of aliphatic hydroxyl groups excluding tert-OH is 3. The maximum Gasteiger partial charge on any atom is 0.187 e. The van der Waals surface area contributed by atoms with Crippen molar-refractivity contribution in [2.45, 2.75) is 49.0 Å². The van der Waals surface area contributed by atoms with Gasteiger partial charge in [0.15, 0.2) is 6.29 Å². The number of benzene rings is 1. The van der Waals surface area contributed by atoms with Gasteiger partial charge in [-0.1, -0.05) is 12.1 Å². The minimum Gasteiger partial charge on any atom is -0.497 e. The number of aliphatic hydroxyl groups is 3. The molecule has 0 aliphatic carbocycles. The summed E-state index contributed by atoms with van der Waals surface area (Å²) in [7, 11) is 1.60. The molecular formula is C17H23NO7. The molecule has 4 rings (SSSR count). The lowest BCUT2D eigenvalue weighted by atomic mass is 9.97. The molecule has 1 aromatic rings. The molecule has 0 aromatic heterocycles. The average Bonchev–Trinajstić information content (AvgIpc) is 3.14. The molecule has 3 heterocycles. The first kappa shape index (κ1) is 17.2. The molecule has 3 fully saturated rings. The van der Waals surface area contributed by atoms with Crippen molar-refractivity contribution in [3.63, 3.8) is 0 Å². The number of β-amino-alcohol motifs (C(OH)–C–C–N with tert-alkyl or cyclic N) is 1. The van der Waals surface area contributed by atoms with Crippen LogP contribution in [-0.4, -0.2) is 78.4 Å². The smallest absolute Gasteiger partial charge is 0.187 e. The summed E-state index contributed by atoms with van der Waals surface area (Å²) in [4.78, 5) is 0. The maximum atomic E-state index is 10.3. The van der Waals surface area contributed by atoms with Crippen LogP contribution in [0.5, 0.6) is 5.75 Å². The van der Waals surface area contributed by atoms with Gasteiger partial charge < -0.3 is 39.6 Å². The minimum atomic E-state index is -1.17. The third-order valence-corrected chi connectivity index (χ3v) is 5.12. The fourth-order valence-corrected chi connectivity index (χ4v) is 3.70. The number of fused-ring (bicyclic) bond motifs is 3. The van der Waals surface area contributed by atoms with Gasteiger partial charge in [0.25, 0.3) is 0 Å². The molecule has 0 spiro atoms. The zero-order valence-electron chi connectivity index (χ0n) is 13.8. The normalized spacial score (nSPS) is 43.8. The summed E-state index contributed by atoms with van der Waals surface area (Å²) in [5.41, 5.74) is 0.897. The second-order valence-corrected chi connectivity index (χ2v) is 6.65. The third-order valence-electron chi connectivity index (χ3n) is 5.12. The summed E-state index contributed by atoms with van der Waals surface area (Å²) in [6.07, 6.45) is -5.73. The Morgan fingerprint density at radius 1 is 1.08 bits per heavy atom. The fraction of sp³-hybridized carbons (Fsp3) is 0.647. The predicted octanol–water partition coefficient (Wildman–Crippen LogP) is -1.07. The number of methoxy groups -OCH3 is 1. The lowest BCUT2D eigenvalue weighted by Gasteiger charge is -2.31. The van der Waals surface area contributed by atoms with Crippen molar-refractivity contribution in [3.05, 3.63) is 29.8 Å². The van der Waals surface area contributed by atoms with Gasteiger partial charge >= 0.3 is 0 Å². The molecule has 2 bridgehead atoms. The van der Waals surface area contributed by atoms with Crippen molar-refractivity contribution in [2.75, 3.05) is 20.3 Å². The van der Waals surface area contributed by atoms with E-state index in [2.05, 4.69) is 5.32 Å². The molecule has 8 nitrogen and oxygen atoms in total. The second kappa shape index (κ2) is 6.81. The Labute approximate surface area is 145 Å². The molecule has 0 radical (unpaired) electrons. The van der Waals surface area contributed by atoms with Gasteiger partial charge in [-0.25, -0.2) is 0 Å². The van der Waals surface area contributed by atoms with Crippen molar-refractivity contribution in [3.8, 4) is 5.75 Å². The predicted molar refractivity (Wildman–Crippen MR) is 85.0 cm³/mol. The first-order valence-corrected chi connectivity index (χ1v) is 8.42. The molecule has 3 aliphatic rings. The summed E-state index contributed by atoms with van der Waals surface area (Å²) < 4.78 is 22.6. The highest BCUT2D eigenvalue weighted by Crippen LogP contribution is 2.35.